The molecular formula is C28H32N2O. The molecule has 1 fully saturated rings. The van der Waals surface area contributed by atoms with E-state index in [9.17, 15) is 4.79 Å². The lowest BCUT2D eigenvalue weighted by Crippen LogP contribution is -2.50. The van der Waals surface area contributed by atoms with E-state index in [1.54, 1.807) is 0 Å². The Morgan fingerprint density at radius 3 is 2.03 bits per heavy atom. The molecular weight excluding hydrogens is 380 g/mol. The van der Waals surface area contributed by atoms with Gasteiger partial charge in [-0.3, -0.25) is 4.79 Å². The van der Waals surface area contributed by atoms with Crippen molar-refractivity contribution < 1.29 is 4.79 Å². The average molecular weight is 413 g/mol. The zero-order valence-corrected chi connectivity index (χ0v) is 18.4. The molecule has 3 heteroatoms. The summed E-state index contributed by atoms with van der Waals surface area (Å²) in [5.41, 5.74) is 3.49. The van der Waals surface area contributed by atoms with Crippen molar-refractivity contribution in [3.8, 4) is 0 Å². The second-order valence-corrected chi connectivity index (χ2v) is 8.54. The van der Waals surface area contributed by atoms with Crippen LogP contribution >= 0.6 is 0 Å². The summed E-state index contributed by atoms with van der Waals surface area (Å²) < 4.78 is 0. The van der Waals surface area contributed by atoms with Crippen LogP contribution in [0.3, 0.4) is 0 Å². The zero-order chi connectivity index (χ0) is 21.5. The Morgan fingerprint density at radius 2 is 1.45 bits per heavy atom. The SMILES string of the molecule is CN(C(=O)C(c1ccccc1)c1ccccc1)[C@@H]1CCCN(CCc2ccccc2)C1. The highest BCUT2D eigenvalue weighted by Gasteiger charge is 2.31. The van der Waals surface area contributed by atoms with Crippen LogP contribution in [0.25, 0.3) is 0 Å². The van der Waals surface area contributed by atoms with Crippen LogP contribution in [0.15, 0.2) is 91.0 Å². The molecule has 0 unspecified atom stereocenters. The van der Waals surface area contributed by atoms with Gasteiger partial charge in [0.2, 0.25) is 5.91 Å². The van der Waals surface area contributed by atoms with Crippen LogP contribution < -0.4 is 0 Å². The lowest BCUT2D eigenvalue weighted by molar-refractivity contribution is -0.133. The van der Waals surface area contributed by atoms with Gasteiger partial charge in [0.05, 0.1) is 5.92 Å². The third kappa shape index (κ3) is 5.42. The number of rotatable bonds is 7. The van der Waals surface area contributed by atoms with Crippen molar-refractivity contribution >= 4 is 5.91 Å². The molecule has 1 aliphatic rings. The number of likely N-dealkylation sites (tertiary alicyclic amines) is 1. The standard InChI is InChI=1S/C28H32N2O/c1-29(26-18-11-20-30(22-26)21-19-23-12-5-2-6-13-23)28(31)27(24-14-7-3-8-15-24)25-16-9-4-10-17-25/h2-10,12-17,26-27H,11,18-22H2,1H3/t26-/m1/s1. The summed E-state index contributed by atoms with van der Waals surface area (Å²) >= 11 is 0. The fourth-order valence-electron chi connectivity index (χ4n) is 4.63. The van der Waals surface area contributed by atoms with E-state index in [-0.39, 0.29) is 17.9 Å². The summed E-state index contributed by atoms with van der Waals surface area (Å²) in [4.78, 5) is 18.3. The smallest absolute Gasteiger partial charge is 0.234 e. The molecule has 0 N–H and O–H groups in total. The number of likely N-dealkylation sites (N-methyl/N-ethyl adjacent to an activating group) is 1. The fraction of sp³-hybridized carbons (Fsp3) is 0.321. The van der Waals surface area contributed by atoms with Gasteiger partial charge in [-0.15, -0.1) is 0 Å². The van der Waals surface area contributed by atoms with Gasteiger partial charge in [0, 0.05) is 26.2 Å². The Morgan fingerprint density at radius 1 is 0.903 bits per heavy atom. The Hall–Kier alpha value is -2.91. The molecule has 1 saturated heterocycles. The van der Waals surface area contributed by atoms with Gasteiger partial charge >= 0.3 is 0 Å². The highest BCUT2D eigenvalue weighted by atomic mass is 16.2. The number of hydrogen-bond acceptors (Lipinski definition) is 2. The molecule has 0 bridgehead atoms. The van der Waals surface area contributed by atoms with Crippen molar-refractivity contribution in [3.05, 3.63) is 108 Å². The molecule has 0 saturated carbocycles. The maximum atomic E-state index is 13.7. The highest BCUT2D eigenvalue weighted by Crippen LogP contribution is 2.28. The maximum absolute atomic E-state index is 13.7. The first-order valence-electron chi connectivity index (χ1n) is 11.3. The average Bonchev–Trinajstić information content (AvgIpc) is 2.84. The molecule has 1 heterocycles. The van der Waals surface area contributed by atoms with Crippen LogP contribution in [0.1, 0.15) is 35.4 Å². The van der Waals surface area contributed by atoms with Crippen molar-refractivity contribution in [1.29, 1.82) is 0 Å². The maximum Gasteiger partial charge on any atom is 0.234 e. The molecule has 3 nitrogen and oxygen atoms in total. The third-order valence-corrected chi connectivity index (χ3v) is 6.45. The topological polar surface area (TPSA) is 23.6 Å². The molecule has 3 aromatic rings. The monoisotopic (exact) mass is 412 g/mol. The predicted octanol–water partition coefficient (Wildman–Crippen LogP) is 4.98. The molecule has 160 valence electrons. The molecule has 1 atom stereocenters. The minimum Gasteiger partial charge on any atom is -0.341 e. The van der Waals surface area contributed by atoms with Crippen LogP contribution in [-0.4, -0.2) is 48.4 Å². The number of benzene rings is 3. The first-order chi connectivity index (χ1) is 15.2. The Balaban J connectivity index is 1.46. The van der Waals surface area contributed by atoms with E-state index in [0.29, 0.717) is 0 Å². The molecule has 31 heavy (non-hydrogen) atoms. The van der Waals surface area contributed by atoms with E-state index in [2.05, 4.69) is 59.5 Å². The van der Waals surface area contributed by atoms with Crippen LogP contribution in [-0.2, 0) is 11.2 Å². The summed E-state index contributed by atoms with van der Waals surface area (Å²) in [7, 11) is 1.99. The van der Waals surface area contributed by atoms with E-state index >= 15 is 0 Å². The van der Waals surface area contributed by atoms with E-state index < -0.39 is 0 Å². The Bertz CT molecular complexity index is 903. The summed E-state index contributed by atoms with van der Waals surface area (Å²) in [6.45, 7) is 3.11. The van der Waals surface area contributed by atoms with Gasteiger partial charge in [0.1, 0.15) is 0 Å². The van der Waals surface area contributed by atoms with Crippen LogP contribution in [0.5, 0.6) is 0 Å². The van der Waals surface area contributed by atoms with Gasteiger partial charge in [-0.05, 0) is 42.5 Å². The molecule has 0 radical (unpaired) electrons. The molecule has 0 spiro atoms. The van der Waals surface area contributed by atoms with Crippen LogP contribution in [0.4, 0.5) is 0 Å². The third-order valence-electron chi connectivity index (χ3n) is 6.45. The van der Waals surface area contributed by atoms with E-state index in [4.69, 9.17) is 0 Å². The van der Waals surface area contributed by atoms with Gasteiger partial charge in [0.25, 0.3) is 0 Å². The molecule has 0 aliphatic carbocycles. The van der Waals surface area contributed by atoms with E-state index in [1.165, 1.54) is 5.56 Å². The van der Waals surface area contributed by atoms with Gasteiger partial charge in [-0.1, -0.05) is 91.0 Å². The van der Waals surface area contributed by atoms with Crippen molar-refractivity contribution in [2.75, 3.05) is 26.7 Å². The minimum absolute atomic E-state index is 0.187. The number of amides is 1. The Kier molecular flexibility index (Phi) is 7.16. The van der Waals surface area contributed by atoms with Gasteiger partial charge in [-0.2, -0.15) is 0 Å². The van der Waals surface area contributed by atoms with Crippen molar-refractivity contribution in [2.45, 2.75) is 31.2 Å². The largest absolute Gasteiger partial charge is 0.341 e. The summed E-state index contributed by atoms with van der Waals surface area (Å²) in [5, 5.41) is 0. The number of nitrogens with zero attached hydrogens (tertiary/aromatic N) is 2. The number of piperidine rings is 1. The van der Waals surface area contributed by atoms with Gasteiger partial charge in [0.15, 0.2) is 0 Å². The molecule has 1 amide bonds. The predicted molar refractivity (Wildman–Crippen MR) is 127 cm³/mol. The van der Waals surface area contributed by atoms with Gasteiger partial charge in [-0.25, -0.2) is 0 Å². The highest BCUT2D eigenvalue weighted by molar-refractivity contribution is 5.87. The Labute approximate surface area is 186 Å². The number of hydrogen-bond donors (Lipinski definition) is 0. The van der Waals surface area contributed by atoms with Crippen LogP contribution in [0.2, 0.25) is 0 Å². The quantitative estimate of drug-likeness (QED) is 0.546. The normalized spacial score (nSPS) is 16.9. The fourth-order valence-corrected chi connectivity index (χ4v) is 4.63. The first-order valence-corrected chi connectivity index (χ1v) is 11.3. The van der Waals surface area contributed by atoms with Gasteiger partial charge < -0.3 is 9.80 Å². The second kappa shape index (κ2) is 10.4. The lowest BCUT2D eigenvalue weighted by Gasteiger charge is -2.39. The summed E-state index contributed by atoms with van der Waals surface area (Å²) in [6, 6.07) is 31.3. The van der Waals surface area contributed by atoms with Crippen molar-refractivity contribution in [3.63, 3.8) is 0 Å². The second-order valence-electron chi connectivity index (χ2n) is 8.54. The molecule has 4 rings (SSSR count). The minimum atomic E-state index is -0.257. The van der Waals surface area contributed by atoms with Crippen molar-refractivity contribution in [1.82, 2.24) is 9.80 Å². The lowest BCUT2D eigenvalue weighted by atomic mass is 9.89. The molecule has 0 aromatic heterocycles. The van der Waals surface area contributed by atoms with E-state index in [0.717, 1.165) is 50.0 Å². The summed E-state index contributed by atoms with van der Waals surface area (Å²) in [6.07, 6.45) is 3.26. The summed E-state index contributed by atoms with van der Waals surface area (Å²) in [5.74, 6) is -0.0700. The van der Waals surface area contributed by atoms with Crippen LogP contribution in [0, 0.1) is 0 Å². The number of carbonyl (C=O) groups is 1. The first kappa shape index (κ1) is 21.3. The number of carbonyl (C=O) groups excluding carboxylic acids is 1. The zero-order valence-electron chi connectivity index (χ0n) is 18.4. The van der Waals surface area contributed by atoms with Crippen molar-refractivity contribution in [2.24, 2.45) is 0 Å². The van der Waals surface area contributed by atoms with E-state index in [1.807, 2.05) is 48.3 Å². The molecule has 1 aliphatic heterocycles. The molecule has 3 aromatic carbocycles.